The van der Waals surface area contributed by atoms with Crippen LogP contribution >= 0.6 is 0 Å². The van der Waals surface area contributed by atoms with Crippen LogP contribution in [0.15, 0.2) is 72.6 Å². The number of carbonyl (C=O) groups excluding carboxylic acids is 2. The van der Waals surface area contributed by atoms with Crippen LogP contribution in [0.4, 0.5) is 14.0 Å². The number of halogens is 1. The van der Waals surface area contributed by atoms with Crippen LogP contribution in [-0.4, -0.2) is 33.4 Å². The molecule has 31 heavy (non-hydrogen) atoms. The second-order valence-corrected chi connectivity index (χ2v) is 6.99. The van der Waals surface area contributed by atoms with Crippen molar-refractivity contribution in [3.05, 3.63) is 83.9 Å². The molecule has 0 saturated carbocycles. The summed E-state index contributed by atoms with van der Waals surface area (Å²) in [6.07, 6.45) is 2.85. The molecular weight excluding hydrogens is 399 g/mol. The first-order valence-electron chi connectivity index (χ1n) is 9.84. The molecule has 1 N–H and O–H groups in total. The van der Waals surface area contributed by atoms with E-state index in [1.54, 1.807) is 36.7 Å². The Labute approximate surface area is 178 Å². The van der Waals surface area contributed by atoms with Crippen molar-refractivity contribution < 1.29 is 18.7 Å². The summed E-state index contributed by atoms with van der Waals surface area (Å²) in [5.41, 5.74) is 3.31. The first-order chi connectivity index (χ1) is 15.0. The van der Waals surface area contributed by atoms with Gasteiger partial charge in [0.2, 0.25) is 0 Å². The van der Waals surface area contributed by atoms with Gasteiger partial charge in [0.05, 0.1) is 24.0 Å². The lowest BCUT2D eigenvalue weighted by molar-refractivity contribution is 0.121. The van der Waals surface area contributed by atoms with Gasteiger partial charge in [0, 0.05) is 23.0 Å². The van der Waals surface area contributed by atoms with Crippen LogP contribution < -0.4 is 5.32 Å². The Bertz CT molecular complexity index is 1140. The fraction of sp³-hybridized carbons (Fsp3) is 0.174. The van der Waals surface area contributed by atoms with Crippen molar-refractivity contribution in [3.8, 4) is 16.9 Å². The minimum Gasteiger partial charge on any atom is -0.449 e. The molecule has 8 heteroatoms. The molecule has 0 spiro atoms. The number of amides is 3. The van der Waals surface area contributed by atoms with Crippen molar-refractivity contribution in [2.24, 2.45) is 0 Å². The number of urea groups is 1. The van der Waals surface area contributed by atoms with Crippen LogP contribution in [0.5, 0.6) is 0 Å². The minimum absolute atomic E-state index is 0.165. The van der Waals surface area contributed by atoms with Crippen LogP contribution in [0, 0.1) is 5.82 Å². The highest BCUT2D eigenvalue weighted by molar-refractivity contribution is 5.94. The Hall–Kier alpha value is -3.94. The van der Waals surface area contributed by atoms with Gasteiger partial charge in [-0.25, -0.2) is 23.6 Å². The molecule has 1 atom stereocenters. The Morgan fingerprint density at radius 2 is 1.87 bits per heavy atom. The first-order valence-corrected chi connectivity index (χ1v) is 9.84. The number of hydrogen-bond donors (Lipinski definition) is 1. The Morgan fingerprint density at radius 1 is 1.16 bits per heavy atom. The van der Waals surface area contributed by atoms with E-state index < -0.39 is 18.2 Å². The van der Waals surface area contributed by atoms with E-state index in [0.717, 1.165) is 10.6 Å². The maximum absolute atomic E-state index is 13.5. The van der Waals surface area contributed by atoms with Gasteiger partial charge < -0.3 is 10.1 Å². The predicted octanol–water partition coefficient (Wildman–Crippen LogP) is 4.81. The molecular formula is C23H21FN4O3. The topological polar surface area (TPSA) is 76.5 Å². The minimum atomic E-state index is -0.731. The molecule has 0 aliphatic carbocycles. The average Bonchev–Trinajstić information content (AvgIpc) is 3.20. The summed E-state index contributed by atoms with van der Waals surface area (Å²) < 4.78 is 20.1. The number of nitrogens with one attached hydrogen (secondary N) is 1. The summed E-state index contributed by atoms with van der Waals surface area (Å²) in [5.74, 6) is -0.348. The zero-order chi connectivity index (χ0) is 22.0. The second-order valence-electron chi connectivity index (χ2n) is 6.99. The van der Waals surface area contributed by atoms with E-state index >= 15 is 0 Å². The Kier molecular flexibility index (Phi) is 5.53. The van der Waals surface area contributed by atoms with Gasteiger partial charge in [-0.3, -0.25) is 0 Å². The smallest absolute Gasteiger partial charge is 0.422 e. The van der Waals surface area contributed by atoms with E-state index in [1.807, 2.05) is 36.5 Å². The van der Waals surface area contributed by atoms with Gasteiger partial charge in [0.25, 0.3) is 0 Å². The molecule has 2 heterocycles. The molecule has 3 amide bonds. The molecule has 0 radical (unpaired) electrons. The van der Waals surface area contributed by atoms with E-state index in [0.29, 0.717) is 22.5 Å². The highest BCUT2D eigenvalue weighted by Gasteiger charge is 2.33. The maximum Gasteiger partial charge on any atom is 0.422 e. The molecule has 3 aromatic rings. The number of aromatic nitrogens is 2. The van der Waals surface area contributed by atoms with Crippen molar-refractivity contribution in [2.45, 2.75) is 19.9 Å². The molecule has 0 bridgehead atoms. The zero-order valence-corrected chi connectivity index (χ0v) is 17.1. The van der Waals surface area contributed by atoms with Crippen molar-refractivity contribution in [2.75, 3.05) is 6.61 Å². The lowest BCUT2D eigenvalue weighted by Crippen LogP contribution is -2.47. The first kappa shape index (κ1) is 20.3. The van der Waals surface area contributed by atoms with Gasteiger partial charge in [-0.15, -0.1) is 0 Å². The summed E-state index contributed by atoms with van der Waals surface area (Å²) in [5, 5.41) is 7.52. The number of carbonyl (C=O) groups is 2. The van der Waals surface area contributed by atoms with Crippen LogP contribution in [-0.2, 0) is 4.74 Å². The van der Waals surface area contributed by atoms with Gasteiger partial charge in [-0.05, 0) is 56.3 Å². The van der Waals surface area contributed by atoms with Crippen molar-refractivity contribution >= 4 is 12.1 Å². The summed E-state index contributed by atoms with van der Waals surface area (Å²) in [6.45, 7) is 3.51. The third-order valence-electron chi connectivity index (χ3n) is 4.91. The fourth-order valence-electron chi connectivity index (χ4n) is 3.46. The second kappa shape index (κ2) is 8.43. The normalized spacial score (nSPS) is 16.0. The molecule has 2 aromatic carbocycles. The van der Waals surface area contributed by atoms with Crippen LogP contribution in [0.3, 0.4) is 0 Å². The highest BCUT2D eigenvalue weighted by atomic mass is 19.1. The molecule has 1 aliphatic heterocycles. The maximum atomic E-state index is 13.5. The molecule has 0 fully saturated rings. The summed E-state index contributed by atoms with van der Waals surface area (Å²) in [6, 6.07) is 14.4. The van der Waals surface area contributed by atoms with Crippen LogP contribution in [0.25, 0.3) is 16.9 Å². The lowest BCUT2D eigenvalue weighted by atomic mass is 10.0. The van der Waals surface area contributed by atoms with Gasteiger partial charge in [-0.2, -0.15) is 5.10 Å². The van der Waals surface area contributed by atoms with E-state index in [1.165, 1.54) is 12.1 Å². The number of para-hydroxylation sites is 1. The fourth-order valence-corrected chi connectivity index (χ4v) is 3.46. The van der Waals surface area contributed by atoms with Crippen molar-refractivity contribution in [1.82, 2.24) is 20.0 Å². The molecule has 0 saturated heterocycles. The zero-order valence-electron chi connectivity index (χ0n) is 17.1. The number of rotatable bonds is 4. The lowest BCUT2D eigenvalue weighted by Gasteiger charge is -2.29. The third-order valence-corrected chi connectivity index (χ3v) is 4.91. The molecule has 158 valence electrons. The van der Waals surface area contributed by atoms with Crippen molar-refractivity contribution in [1.29, 1.82) is 0 Å². The summed E-state index contributed by atoms with van der Waals surface area (Å²) in [7, 11) is 0. The van der Waals surface area contributed by atoms with Gasteiger partial charge >= 0.3 is 12.1 Å². The summed E-state index contributed by atoms with van der Waals surface area (Å²) in [4.78, 5) is 25.7. The third kappa shape index (κ3) is 4.05. The van der Waals surface area contributed by atoms with Crippen molar-refractivity contribution in [3.63, 3.8) is 0 Å². The number of hydrogen-bond acceptors (Lipinski definition) is 4. The Balaban J connectivity index is 1.78. The summed E-state index contributed by atoms with van der Waals surface area (Å²) >= 11 is 0. The Morgan fingerprint density at radius 3 is 2.52 bits per heavy atom. The number of benzene rings is 2. The standard InChI is InChI=1S/C23H21FN4O3/c1-3-31-23(30)28-15(2)13-20(25-22(28)29)19-14-27(18-7-5-4-6-8-18)26-21(19)16-9-11-17(24)12-10-16/h4-14,20H,3H2,1-2H3,(H,25,29). The SMILES string of the molecule is CCOC(=O)N1C(=O)NC(c2cn(-c3ccccc3)nc2-c2ccc(F)cc2)C=C1C. The largest absolute Gasteiger partial charge is 0.449 e. The molecule has 1 aromatic heterocycles. The van der Waals surface area contributed by atoms with Gasteiger partial charge in [0.15, 0.2) is 0 Å². The highest BCUT2D eigenvalue weighted by Crippen LogP contribution is 2.32. The molecule has 1 aliphatic rings. The molecule has 4 rings (SSSR count). The van der Waals surface area contributed by atoms with E-state index in [9.17, 15) is 14.0 Å². The van der Waals surface area contributed by atoms with Gasteiger partial charge in [0.1, 0.15) is 5.82 Å². The van der Waals surface area contributed by atoms with E-state index in [-0.39, 0.29) is 12.4 Å². The molecule has 7 nitrogen and oxygen atoms in total. The van der Waals surface area contributed by atoms with Crippen LogP contribution in [0.1, 0.15) is 25.5 Å². The number of imide groups is 1. The van der Waals surface area contributed by atoms with Gasteiger partial charge in [-0.1, -0.05) is 18.2 Å². The van der Waals surface area contributed by atoms with E-state index in [4.69, 9.17) is 9.84 Å². The van der Waals surface area contributed by atoms with Crippen LogP contribution in [0.2, 0.25) is 0 Å². The quantitative estimate of drug-likeness (QED) is 0.658. The monoisotopic (exact) mass is 420 g/mol. The number of nitrogens with zero attached hydrogens (tertiary/aromatic N) is 3. The number of allylic oxidation sites excluding steroid dienone is 1. The molecule has 1 unspecified atom stereocenters. The average molecular weight is 420 g/mol. The number of ether oxygens (including phenoxy) is 1. The van der Waals surface area contributed by atoms with E-state index in [2.05, 4.69) is 5.32 Å². The predicted molar refractivity (Wildman–Crippen MR) is 113 cm³/mol.